The lowest BCUT2D eigenvalue weighted by molar-refractivity contribution is 0.146. The number of ether oxygens (including phenoxy) is 2. The zero-order valence-electron chi connectivity index (χ0n) is 12.5. The molecular formula is C16H20BrNO2S. The Morgan fingerprint density at radius 1 is 1.24 bits per heavy atom. The maximum Gasteiger partial charge on any atom is 0.133 e. The summed E-state index contributed by atoms with van der Waals surface area (Å²) < 4.78 is 11.5. The first kappa shape index (κ1) is 16.5. The molecule has 0 spiro atoms. The van der Waals surface area contributed by atoms with Gasteiger partial charge in [0.2, 0.25) is 0 Å². The van der Waals surface area contributed by atoms with Crippen molar-refractivity contribution in [1.82, 2.24) is 0 Å². The minimum Gasteiger partial charge on any atom is -0.490 e. The van der Waals surface area contributed by atoms with Crippen LogP contribution in [-0.4, -0.2) is 20.3 Å². The molecule has 2 aromatic rings. The minimum atomic E-state index is -0.105. The fourth-order valence-electron chi connectivity index (χ4n) is 1.98. The maximum absolute atomic E-state index is 6.37. The number of benzene rings is 1. The van der Waals surface area contributed by atoms with Crippen molar-refractivity contribution in [2.45, 2.75) is 19.9 Å². The van der Waals surface area contributed by atoms with Crippen LogP contribution in [0.4, 0.5) is 0 Å². The molecule has 1 aromatic heterocycles. The predicted molar refractivity (Wildman–Crippen MR) is 91.3 cm³/mol. The summed E-state index contributed by atoms with van der Waals surface area (Å²) in [6, 6.07) is 8.05. The van der Waals surface area contributed by atoms with Crippen molar-refractivity contribution in [3.05, 3.63) is 49.6 Å². The van der Waals surface area contributed by atoms with Crippen molar-refractivity contribution in [3.63, 3.8) is 0 Å². The molecule has 1 atom stereocenters. The Hall–Kier alpha value is -0.880. The van der Waals surface area contributed by atoms with Crippen molar-refractivity contribution < 1.29 is 9.47 Å². The molecule has 0 saturated heterocycles. The summed E-state index contributed by atoms with van der Waals surface area (Å²) in [5.74, 6) is 0.807. The second kappa shape index (κ2) is 7.40. The van der Waals surface area contributed by atoms with Gasteiger partial charge in [0, 0.05) is 16.9 Å². The van der Waals surface area contributed by atoms with E-state index < -0.39 is 0 Å². The molecule has 1 heterocycles. The molecular weight excluding hydrogens is 350 g/mol. The molecule has 0 aliphatic carbocycles. The van der Waals surface area contributed by atoms with Gasteiger partial charge in [0.1, 0.15) is 12.4 Å². The summed E-state index contributed by atoms with van der Waals surface area (Å²) >= 11 is 5.30. The monoisotopic (exact) mass is 369 g/mol. The summed E-state index contributed by atoms with van der Waals surface area (Å²) in [4.78, 5) is 2.50. The highest BCUT2D eigenvalue weighted by atomic mass is 79.9. The molecule has 114 valence electrons. The molecule has 0 saturated carbocycles. The number of hydrogen-bond donors (Lipinski definition) is 1. The van der Waals surface area contributed by atoms with Crippen molar-refractivity contribution in [1.29, 1.82) is 0 Å². The first-order valence-corrected chi connectivity index (χ1v) is 8.37. The second-order valence-electron chi connectivity index (χ2n) is 4.90. The first-order chi connectivity index (χ1) is 10.0. The summed E-state index contributed by atoms with van der Waals surface area (Å²) in [5.41, 5.74) is 8.73. The molecule has 5 heteroatoms. The second-order valence-corrected chi connectivity index (χ2v) is 7.04. The Morgan fingerprint density at radius 3 is 2.57 bits per heavy atom. The van der Waals surface area contributed by atoms with E-state index in [1.165, 1.54) is 15.3 Å². The molecule has 0 aliphatic rings. The van der Waals surface area contributed by atoms with Crippen molar-refractivity contribution in [2.75, 3.05) is 20.3 Å². The Morgan fingerprint density at radius 2 is 2.00 bits per heavy atom. The number of methoxy groups -OCH3 is 1. The van der Waals surface area contributed by atoms with Crippen LogP contribution in [0.25, 0.3) is 0 Å². The molecule has 0 fully saturated rings. The zero-order chi connectivity index (χ0) is 15.4. The number of nitrogens with two attached hydrogens (primary N) is 1. The summed E-state index contributed by atoms with van der Waals surface area (Å²) in [7, 11) is 1.66. The lowest BCUT2D eigenvalue weighted by Crippen LogP contribution is -2.10. The molecule has 1 unspecified atom stereocenters. The van der Waals surface area contributed by atoms with Gasteiger partial charge in [0.05, 0.1) is 17.1 Å². The average Bonchev–Trinajstić information content (AvgIpc) is 2.80. The summed E-state index contributed by atoms with van der Waals surface area (Å²) in [6.07, 6.45) is 0. The van der Waals surface area contributed by atoms with E-state index in [2.05, 4.69) is 35.8 Å². The third-order valence-corrected chi connectivity index (χ3v) is 5.21. The van der Waals surface area contributed by atoms with Gasteiger partial charge < -0.3 is 15.2 Å². The number of hydrogen-bond acceptors (Lipinski definition) is 4. The van der Waals surface area contributed by atoms with E-state index in [-0.39, 0.29) is 6.04 Å². The Bertz CT molecular complexity index is 593. The zero-order valence-corrected chi connectivity index (χ0v) is 14.9. The SMILES string of the molecule is COCCOc1ccc(C(N)c2cc(C)c(C)s2)cc1Br. The third-order valence-electron chi connectivity index (χ3n) is 3.35. The van der Waals surface area contributed by atoms with E-state index in [9.17, 15) is 0 Å². The van der Waals surface area contributed by atoms with Crippen LogP contribution in [0.2, 0.25) is 0 Å². The molecule has 2 rings (SSSR count). The van der Waals surface area contributed by atoms with Crippen molar-refractivity contribution in [3.8, 4) is 5.75 Å². The van der Waals surface area contributed by atoms with Gasteiger partial charge in [0.25, 0.3) is 0 Å². The molecule has 0 bridgehead atoms. The topological polar surface area (TPSA) is 44.5 Å². The van der Waals surface area contributed by atoms with Gasteiger partial charge in [-0.15, -0.1) is 11.3 Å². The number of aryl methyl sites for hydroxylation is 2. The molecule has 0 amide bonds. The quantitative estimate of drug-likeness (QED) is 0.775. The van der Waals surface area contributed by atoms with Crippen LogP contribution < -0.4 is 10.5 Å². The van der Waals surface area contributed by atoms with Crippen LogP contribution >= 0.6 is 27.3 Å². The van der Waals surface area contributed by atoms with Gasteiger partial charge >= 0.3 is 0 Å². The molecule has 2 N–H and O–H groups in total. The lowest BCUT2D eigenvalue weighted by Gasteiger charge is -2.13. The average molecular weight is 370 g/mol. The highest BCUT2D eigenvalue weighted by Crippen LogP contribution is 2.33. The highest BCUT2D eigenvalue weighted by molar-refractivity contribution is 9.10. The van der Waals surface area contributed by atoms with Crippen LogP contribution in [0.1, 0.15) is 26.9 Å². The van der Waals surface area contributed by atoms with E-state index >= 15 is 0 Å². The summed E-state index contributed by atoms with van der Waals surface area (Å²) in [6.45, 7) is 5.34. The van der Waals surface area contributed by atoms with Gasteiger partial charge in [-0.1, -0.05) is 6.07 Å². The van der Waals surface area contributed by atoms with Crippen LogP contribution in [-0.2, 0) is 4.74 Å². The number of thiophene rings is 1. The van der Waals surface area contributed by atoms with Gasteiger partial charge in [-0.05, 0) is 59.1 Å². The third kappa shape index (κ3) is 4.07. The highest BCUT2D eigenvalue weighted by Gasteiger charge is 2.14. The Balaban J connectivity index is 2.15. The van der Waals surface area contributed by atoms with E-state index in [4.69, 9.17) is 15.2 Å². The maximum atomic E-state index is 6.37. The summed E-state index contributed by atoms with van der Waals surface area (Å²) in [5, 5.41) is 0. The standard InChI is InChI=1S/C16H20BrNO2S/c1-10-8-15(21-11(10)2)16(18)12-4-5-14(13(17)9-12)20-7-6-19-3/h4-5,8-9,16H,6-7,18H2,1-3H3. The number of halogens is 1. The Kier molecular flexibility index (Phi) is 5.81. The lowest BCUT2D eigenvalue weighted by atomic mass is 10.1. The van der Waals surface area contributed by atoms with Gasteiger partial charge in [0.15, 0.2) is 0 Å². The fraction of sp³-hybridized carbons (Fsp3) is 0.375. The van der Waals surface area contributed by atoms with Crippen LogP contribution in [0, 0.1) is 13.8 Å². The van der Waals surface area contributed by atoms with Crippen molar-refractivity contribution in [2.24, 2.45) is 5.73 Å². The number of rotatable bonds is 6. The normalized spacial score (nSPS) is 12.4. The molecule has 0 radical (unpaired) electrons. The van der Waals surface area contributed by atoms with Crippen LogP contribution in [0.15, 0.2) is 28.7 Å². The largest absolute Gasteiger partial charge is 0.490 e. The van der Waals surface area contributed by atoms with Gasteiger partial charge in [-0.2, -0.15) is 0 Å². The van der Waals surface area contributed by atoms with Crippen molar-refractivity contribution >= 4 is 27.3 Å². The van der Waals surface area contributed by atoms with Gasteiger partial charge in [-0.3, -0.25) is 0 Å². The molecule has 21 heavy (non-hydrogen) atoms. The van der Waals surface area contributed by atoms with Crippen LogP contribution in [0.3, 0.4) is 0 Å². The smallest absolute Gasteiger partial charge is 0.133 e. The predicted octanol–water partition coefficient (Wildman–Crippen LogP) is 4.20. The molecule has 1 aromatic carbocycles. The van der Waals surface area contributed by atoms with E-state index in [1.807, 2.05) is 18.2 Å². The first-order valence-electron chi connectivity index (χ1n) is 6.76. The molecule has 0 aliphatic heterocycles. The van der Waals surface area contributed by atoms with Crippen LogP contribution in [0.5, 0.6) is 5.75 Å². The fourth-order valence-corrected chi connectivity index (χ4v) is 3.57. The van der Waals surface area contributed by atoms with E-state index in [1.54, 1.807) is 18.4 Å². The minimum absolute atomic E-state index is 0.105. The van der Waals surface area contributed by atoms with E-state index in [0.29, 0.717) is 13.2 Å². The Labute approximate surface area is 138 Å². The molecule has 3 nitrogen and oxygen atoms in total. The van der Waals surface area contributed by atoms with E-state index in [0.717, 1.165) is 15.8 Å². The van der Waals surface area contributed by atoms with Gasteiger partial charge in [-0.25, -0.2) is 0 Å².